The Bertz CT molecular complexity index is 816. The van der Waals surface area contributed by atoms with Gasteiger partial charge >= 0.3 is 0 Å². The van der Waals surface area contributed by atoms with E-state index in [0.717, 1.165) is 49.4 Å². The number of aromatic nitrogens is 3. The van der Waals surface area contributed by atoms with Gasteiger partial charge in [-0.2, -0.15) is 0 Å². The first-order valence-corrected chi connectivity index (χ1v) is 9.80. The van der Waals surface area contributed by atoms with Crippen molar-refractivity contribution >= 4 is 11.6 Å². The van der Waals surface area contributed by atoms with Crippen LogP contribution < -0.4 is 11.1 Å². The molecule has 144 valence electrons. The molecule has 7 heteroatoms. The van der Waals surface area contributed by atoms with Crippen LogP contribution in [0, 0.1) is 11.8 Å². The number of fused-ring (bicyclic) bond motifs is 3. The monoisotopic (exact) mass is 368 g/mol. The van der Waals surface area contributed by atoms with Crippen LogP contribution in [0.25, 0.3) is 11.3 Å². The first-order chi connectivity index (χ1) is 13.0. The molecule has 7 nitrogen and oxygen atoms in total. The van der Waals surface area contributed by atoms with Gasteiger partial charge in [0.25, 0.3) is 0 Å². The molecule has 3 aliphatic rings. The quantitative estimate of drug-likeness (QED) is 0.785. The normalized spacial score (nSPS) is 27.1. The largest absolute Gasteiger partial charge is 0.399 e. The summed E-state index contributed by atoms with van der Waals surface area (Å²) >= 11 is 0. The summed E-state index contributed by atoms with van der Waals surface area (Å²) in [4.78, 5) is 14.9. The summed E-state index contributed by atoms with van der Waals surface area (Å²) in [5.74, 6) is 0.800. The zero-order chi connectivity index (χ0) is 19.0. The van der Waals surface area contributed by atoms with Crippen molar-refractivity contribution in [1.82, 2.24) is 25.2 Å². The van der Waals surface area contributed by atoms with Crippen molar-refractivity contribution in [2.45, 2.75) is 45.3 Å². The molecule has 1 amide bonds. The summed E-state index contributed by atoms with van der Waals surface area (Å²) in [5.41, 5.74) is 8.42. The van der Waals surface area contributed by atoms with Crippen LogP contribution in [-0.4, -0.2) is 51.0 Å². The molecule has 0 radical (unpaired) electrons. The van der Waals surface area contributed by atoms with Crippen LogP contribution in [0.3, 0.4) is 0 Å². The average molecular weight is 368 g/mol. The lowest BCUT2D eigenvalue weighted by Crippen LogP contribution is -2.58. The highest BCUT2D eigenvalue weighted by Gasteiger charge is 2.43. The summed E-state index contributed by atoms with van der Waals surface area (Å²) in [6.07, 6.45) is 4.14. The Morgan fingerprint density at radius 3 is 2.96 bits per heavy atom. The summed E-state index contributed by atoms with van der Waals surface area (Å²) < 4.78 is 1.92. The van der Waals surface area contributed by atoms with Gasteiger partial charge in [-0.15, -0.1) is 5.10 Å². The lowest BCUT2D eigenvalue weighted by Gasteiger charge is -2.49. The van der Waals surface area contributed by atoms with Gasteiger partial charge in [0.15, 0.2) is 0 Å². The fraction of sp³-hybridized carbons (Fsp3) is 0.550. The molecule has 5 rings (SSSR count). The van der Waals surface area contributed by atoms with E-state index >= 15 is 0 Å². The second kappa shape index (κ2) is 7.31. The van der Waals surface area contributed by atoms with Gasteiger partial charge in [-0.1, -0.05) is 17.3 Å². The standard InChI is InChI=1S/C20H28N6O/c1-13(2)22-20(27)18-11-25-7-6-14(18)9-17(25)10-26-12-19(23-24-26)15-4-3-5-16(21)8-15/h3-5,8,12-14,17-18H,6-7,9-11,21H2,1-2H3,(H,22,27)/t14-,17-,18-/m1/s1. The summed E-state index contributed by atoms with van der Waals surface area (Å²) in [5, 5.41) is 11.7. The maximum absolute atomic E-state index is 12.5. The van der Waals surface area contributed by atoms with Gasteiger partial charge in [0, 0.05) is 29.9 Å². The third-order valence-electron chi connectivity index (χ3n) is 5.77. The minimum Gasteiger partial charge on any atom is -0.399 e. The van der Waals surface area contributed by atoms with Crippen LogP contribution in [0.1, 0.15) is 26.7 Å². The molecular weight excluding hydrogens is 340 g/mol. The average Bonchev–Trinajstić information content (AvgIpc) is 3.10. The van der Waals surface area contributed by atoms with E-state index in [0.29, 0.717) is 12.0 Å². The smallest absolute Gasteiger partial charge is 0.224 e. The molecule has 1 aromatic heterocycles. The lowest BCUT2D eigenvalue weighted by atomic mass is 9.75. The number of rotatable bonds is 5. The molecule has 3 N–H and O–H groups in total. The van der Waals surface area contributed by atoms with Gasteiger partial charge in [0.1, 0.15) is 5.69 Å². The van der Waals surface area contributed by atoms with Gasteiger partial charge in [0.05, 0.1) is 18.7 Å². The van der Waals surface area contributed by atoms with Crippen molar-refractivity contribution < 1.29 is 4.79 Å². The number of amides is 1. The molecule has 27 heavy (non-hydrogen) atoms. The Hall–Kier alpha value is -2.41. The van der Waals surface area contributed by atoms with Gasteiger partial charge in [0.2, 0.25) is 5.91 Å². The molecule has 4 heterocycles. The maximum atomic E-state index is 12.5. The number of hydrogen-bond donors (Lipinski definition) is 2. The second-order valence-electron chi connectivity index (χ2n) is 8.15. The number of hydrogen-bond acceptors (Lipinski definition) is 5. The predicted molar refractivity (Wildman–Crippen MR) is 105 cm³/mol. The lowest BCUT2D eigenvalue weighted by molar-refractivity contribution is -0.133. The van der Waals surface area contributed by atoms with Crippen LogP contribution in [0.4, 0.5) is 5.69 Å². The van der Waals surface area contributed by atoms with E-state index in [2.05, 4.69) is 20.5 Å². The fourth-order valence-corrected chi connectivity index (χ4v) is 4.45. The molecule has 3 aliphatic heterocycles. The minimum absolute atomic E-state index is 0.121. The van der Waals surface area contributed by atoms with Crippen LogP contribution in [-0.2, 0) is 11.3 Å². The Balaban J connectivity index is 1.41. The Morgan fingerprint density at radius 2 is 2.26 bits per heavy atom. The number of nitrogen functional groups attached to an aromatic ring is 1. The van der Waals surface area contributed by atoms with Crippen LogP contribution in [0.15, 0.2) is 30.5 Å². The molecule has 3 fully saturated rings. The number of nitrogens with one attached hydrogen (secondary N) is 1. The number of nitrogens with two attached hydrogens (primary N) is 1. The van der Waals surface area contributed by atoms with Crippen molar-refractivity contribution in [2.75, 3.05) is 18.8 Å². The third kappa shape index (κ3) is 3.83. The van der Waals surface area contributed by atoms with Crippen molar-refractivity contribution in [3.63, 3.8) is 0 Å². The van der Waals surface area contributed by atoms with E-state index < -0.39 is 0 Å². The summed E-state index contributed by atoms with van der Waals surface area (Å²) in [6, 6.07) is 8.32. The SMILES string of the molecule is CC(C)NC(=O)[C@@H]1CN2CC[C@@H]1C[C@@H]2Cn1cc(-c2cccc(N)c2)nn1. The Morgan fingerprint density at radius 1 is 1.41 bits per heavy atom. The van der Waals surface area contributed by atoms with Gasteiger partial charge in [-0.3, -0.25) is 14.4 Å². The first kappa shape index (κ1) is 18.0. The molecule has 4 atom stereocenters. The second-order valence-corrected chi connectivity index (χ2v) is 8.15. The predicted octanol–water partition coefficient (Wildman–Crippen LogP) is 1.76. The van der Waals surface area contributed by atoms with E-state index in [-0.39, 0.29) is 17.9 Å². The van der Waals surface area contributed by atoms with Crippen LogP contribution >= 0.6 is 0 Å². The van der Waals surface area contributed by atoms with Crippen LogP contribution in [0.2, 0.25) is 0 Å². The first-order valence-electron chi connectivity index (χ1n) is 9.80. The molecule has 3 saturated heterocycles. The number of carbonyl (C=O) groups is 1. The number of anilines is 1. The van der Waals surface area contributed by atoms with E-state index in [1.165, 1.54) is 0 Å². The third-order valence-corrected chi connectivity index (χ3v) is 5.77. The van der Waals surface area contributed by atoms with E-state index in [1.807, 2.05) is 49.0 Å². The van der Waals surface area contributed by atoms with E-state index in [4.69, 9.17) is 5.73 Å². The number of carbonyl (C=O) groups excluding carboxylic acids is 1. The maximum Gasteiger partial charge on any atom is 0.224 e. The number of benzene rings is 1. The zero-order valence-electron chi connectivity index (χ0n) is 16.0. The van der Waals surface area contributed by atoms with Gasteiger partial charge in [-0.05, 0) is 51.3 Å². The summed E-state index contributed by atoms with van der Waals surface area (Å²) in [7, 11) is 0. The molecule has 2 bridgehead atoms. The van der Waals surface area contributed by atoms with E-state index in [1.54, 1.807) is 0 Å². The highest BCUT2D eigenvalue weighted by atomic mass is 16.2. The Kier molecular flexibility index (Phi) is 4.86. The molecule has 0 spiro atoms. The topological polar surface area (TPSA) is 89.1 Å². The highest BCUT2D eigenvalue weighted by molar-refractivity contribution is 5.79. The zero-order valence-corrected chi connectivity index (χ0v) is 16.0. The molecule has 1 aromatic carbocycles. The molecule has 0 saturated carbocycles. The summed E-state index contributed by atoms with van der Waals surface area (Å²) in [6.45, 7) is 6.77. The van der Waals surface area contributed by atoms with Crippen molar-refractivity contribution in [3.8, 4) is 11.3 Å². The van der Waals surface area contributed by atoms with Crippen LogP contribution in [0.5, 0.6) is 0 Å². The van der Waals surface area contributed by atoms with Crippen molar-refractivity contribution in [2.24, 2.45) is 11.8 Å². The Labute approximate surface area is 159 Å². The van der Waals surface area contributed by atoms with Gasteiger partial charge in [-0.25, -0.2) is 0 Å². The van der Waals surface area contributed by atoms with E-state index in [9.17, 15) is 4.79 Å². The number of nitrogens with zero attached hydrogens (tertiary/aromatic N) is 4. The molecule has 2 aromatic rings. The molecule has 1 unspecified atom stereocenters. The highest BCUT2D eigenvalue weighted by Crippen LogP contribution is 2.37. The van der Waals surface area contributed by atoms with Crippen molar-refractivity contribution in [1.29, 1.82) is 0 Å². The number of piperidine rings is 3. The van der Waals surface area contributed by atoms with Crippen molar-refractivity contribution in [3.05, 3.63) is 30.5 Å². The molecule has 0 aliphatic carbocycles. The fourth-order valence-electron chi connectivity index (χ4n) is 4.45. The minimum atomic E-state index is 0.121. The van der Waals surface area contributed by atoms with Gasteiger partial charge < -0.3 is 11.1 Å². The molecular formula is C20H28N6O.